The molecule has 7 nitrogen and oxygen atoms in total. The van der Waals surface area contributed by atoms with Crippen molar-refractivity contribution in [2.75, 3.05) is 39.1 Å². The fourth-order valence-corrected chi connectivity index (χ4v) is 4.87. The Morgan fingerprint density at radius 1 is 1.09 bits per heavy atom. The quantitative estimate of drug-likeness (QED) is 0.656. The summed E-state index contributed by atoms with van der Waals surface area (Å²) >= 11 is 0. The number of benzene rings is 2. The summed E-state index contributed by atoms with van der Waals surface area (Å²) in [4.78, 5) is 1.83. The summed E-state index contributed by atoms with van der Waals surface area (Å²) in [5, 5.41) is 0. The number of methoxy groups -OCH3 is 2. The third kappa shape index (κ3) is 5.21. The van der Waals surface area contributed by atoms with Crippen molar-refractivity contribution in [1.82, 2.24) is 4.90 Å². The van der Waals surface area contributed by atoms with Gasteiger partial charge in [-0.05, 0) is 32.5 Å². The van der Waals surface area contributed by atoms with E-state index >= 15 is 0 Å². The molecule has 1 heterocycles. The minimum absolute atomic E-state index is 0.0551. The molecule has 0 amide bonds. The fraction of sp³-hybridized carbons (Fsp3) is 0.429. The van der Waals surface area contributed by atoms with Gasteiger partial charge in [-0.1, -0.05) is 0 Å². The van der Waals surface area contributed by atoms with Gasteiger partial charge in [-0.2, -0.15) is 13.2 Å². The van der Waals surface area contributed by atoms with Gasteiger partial charge in [0.05, 0.1) is 30.4 Å². The van der Waals surface area contributed by atoms with E-state index < -0.39 is 33.6 Å². The monoisotopic (exact) mass is 474 g/mol. The zero-order valence-corrected chi connectivity index (χ0v) is 18.9. The first-order valence-electron chi connectivity index (χ1n) is 9.76. The van der Waals surface area contributed by atoms with Crippen molar-refractivity contribution >= 4 is 15.7 Å². The van der Waals surface area contributed by atoms with Crippen LogP contribution in [0.3, 0.4) is 0 Å². The number of hydrogen-bond donors (Lipinski definition) is 1. The summed E-state index contributed by atoms with van der Waals surface area (Å²) in [7, 11) is 0.462. The molecule has 2 aromatic rings. The summed E-state index contributed by atoms with van der Waals surface area (Å²) < 4.78 is 84.9. The van der Waals surface area contributed by atoms with Crippen LogP contribution in [0.25, 0.3) is 0 Å². The molecule has 0 spiro atoms. The number of rotatable bonds is 7. The molecule has 11 heteroatoms. The standard InChI is InChI=1S/C21H25F3N2O5S/c1-13-18(30-4)10-16(29-3)11-20(13)32(27,28)25-14-5-6-17(21(22,23)24)19(9-14)31-15-7-8-26(2)12-15/h5-6,9-11,15,25H,7-8,12H2,1-4H3. The van der Waals surface area contributed by atoms with E-state index in [1.165, 1.54) is 26.4 Å². The first-order valence-corrected chi connectivity index (χ1v) is 11.2. The van der Waals surface area contributed by atoms with Crippen LogP contribution in [0.15, 0.2) is 35.2 Å². The molecule has 1 N–H and O–H groups in total. The molecular weight excluding hydrogens is 449 g/mol. The maximum atomic E-state index is 13.5. The van der Waals surface area contributed by atoms with Gasteiger partial charge in [-0.15, -0.1) is 0 Å². The number of likely N-dealkylation sites (tertiary alicyclic amines) is 1. The molecule has 1 atom stereocenters. The third-order valence-corrected chi connectivity index (χ3v) is 6.72. The van der Waals surface area contributed by atoms with Crippen molar-refractivity contribution in [3.63, 3.8) is 0 Å². The Morgan fingerprint density at radius 3 is 2.38 bits per heavy atom. The number of ether oxygens (including phenoxy) is 3. The van der Waals surface area contributed by atoms with Crippen molar-refractivity contribution in [3.05, 3.63) is 41.5 Å². The van der Waals surface area contributed by atoms with Gasteiger partial charge in [0, 0.05) is 36.9 Å². The van der Waals surface area contributed by atoms with E-state index in [9.17, 15) is 21.6 Å². The lowest BCUT2D eigenvalue weighted by Crippen LogP contribution is -2.23. The number of alkyl halides is 3. The highest BCUT2D eigenvalue weighted by Crippen LogP contribution is 2.39. The molecule has 32 heavy (non-hydrogen) atoms. The van der Waals surface area contributed by atoms with Crippen LogP contribution in [0.1, 0.15) is 17.5 Å². The minimum Gasteiger partial charge on any atom is -0.497 e. The lowest BCUT2D eigenvalue weighted by atomic mass is 10.1. The normalized spacial score (nSPS) is 17.3. The van der Waals surface area contributed by atoms with E-state index in [1.54, 1.807) is 6.92 Å². The molecule has 0 bridgehead atoms. The van der Waals surface area contributed by atoms with Crippen molar-refractivity contribution in [2.45, 2.75) is 30.5 Å². The summed E-state index contributed by atoms with van der Waals surface area (Å²) in [5.74, 6) is 0.138. The zero-order valence-electron chi connectivity index (χ0n) is 18.1. The van der Waals surface area contributed by atoms with E-state index in [2.05, 4.69) is 4.72 Å². The number of hydrogen-bond acceptors (Lipinski definition) is 6. The first kappa shape index (κ1) is 24.0. The van der Waals surface area contributed by atoms with Crippen molar-refractivity contribution in [3.8, 4) is 17.2 Å². The molecule has 0 aromatic heterocycles. The van der Waals surface area contributed by atoms with Crippen LogP contribution in [-0.2, 0) is 16.2 Å². The smallest absolute Gasteiger partial charge is 0.419 e. The summed E-state index contributed by atoms with van der Waals surface area (Å²) in [5.41, 5.74) is -0.687. The molecular formula is C21H25F3N2O5S. The lowest BCUT2D eigenvalue weighted by molar-refractivity contribution is -0.139. The van der Waals surface area contributed by atoms with Gasteiger partial charge in [-0.3, -0.25) is 4.72 Å². The number of anilines is 1. The molecule has 0 saturated carbocycles. The molecule has 1 aliphatic rings. The van der Waals surface area contributed by atoms with Gasteiger partial charge in [-0.25, -0.2) is 8.42 Å². The number of nitrogens with one attached hydrogen (secondary N) is 1. The van der Waals surface area contributed by atoms with E-state index in [-0.39, 0.29) is 16.3 Å². The van der Waals surface area contributed by atoms with E-state index in [0.29, 0.717) is 30.8 Å². The Bertz CT molecular complexity index is 1090. The molecule has 1 fully saturated rings. The van der Waals surface area contributed by atoms with Gasteiger partial charge >= 0.3 is 6.18 Å². The molecule has 1 unspecified atom stereocenters. The van der Waals surface area contributed by atoms with Crippen molar-refractivity contribution < 1.29 is 35.8 Å². The second kappa shape index (κ2) is 9.07. The van der Waals surface area contributed by atoms with Gasteiger partial charge in [0.1, 0.15) is 23.4 Å². The van der Waals surface area contributed by atoms with Crippen LogP contribution < -0.4 is 18.9 Å². The minimum atomic E-state index is -4.64. The Kier molecular flexibility index (Phi) is 6.80. The Labute approximate surface area is 185 Å². The SMILES string of the molecule is COc1cc(OC)c(C)c(S(=O)(=O)Nc2ccc(C(F)(F)F)c(OC3CCN(C)C3)c2)c1. The maximum Gasteiger partial charge on any atom is 0.419 e. The van der Waals surface area contributed by atoms with Gasteiger partial charge in [0.15, 0.2) is 0 Å². The predicted octanol–water partition coefficient (Wildman–Crippen LogP) is 3.91. The topological polar surface area (TPSA) is 77.1 Å². The van der Waals surface area contributed by atoms with Crippen LogP contribution in [-0.4, -0.2) is 53.8 Å². The van der Waals surface area contributed by atoms with Crippen LogP contribution in [0, 0.1) is 6.92 Å². The second-order valence-corrected chi connectivity index (χ2v) is 9.21. The fourth-order valence-electron chi connectivity index (χ4n) is 3.54. The highest BCUT2D eigenvalue weighted by Gasteiger charge is 2.36. The van der Waals surface area contributed by atoms with Crippen molar-refractivity contribution in [2.24, 2.45) is 0 Å². The average molecular weight is 475 g/mol. The molecule has 0 radical (unpaired) electrons. The van der Waals surface area contributed by atoms with Crippen LogP contribution in [0.4, 0.5) is 18.9 Å². The van der Waals surface area contributed by atoms with E-state index in [1.807, 2.05) is 11.9 Å². The zero-order chi connectivity index (χ0) is 23.7. The average Bonchev–Trinajstić information content (AvgIpc) is 3.11. The second-order valence-electron chi connectivity index (χ2n) is 7.56. The largest absolute Gasteiger partial charge is 0.497 e. The maximum absolute atomic E-state index is 13.5. The highest BCUT2D eigenvalue weighted by atomic mass is 32.2. The van der Waals surface area contributed by atoms with Crippen LogP contribution in [0.5, 0.6) is 17.2 Å². The molecule has 1 saturated heterocycles. The number of likely N-dealkylation sites (N-methyl/N-ethyl adjacent to an activating group) is 1. The Balaban J connectivity index is 1.97. The molecule has 3 rings (SSSR count). The number of sulfonamides is 1. The van der Waals surface area contributed by atoms with Gasteiger partial charge < -0.3 is 19.1 Å². The number of halogens is 3. The molecule has 2 aromatic carbocycles. The molecule has 176 valence electrons. The lowest BCUT2D eigenvalue weighted by Gasteiger charge is -2.20. The Hall–Kier alpha value is -2.66. The van der Waals surface area contributed by atoms with E-state index in [0.717, 1.165) is 18.2 Å². The first-order chi connectivity index (χ1) is 14.9. The predicted molar refractivity (Wildman–Crippen MR) is 113 cm³/mol. The van der Waals surface area contributed by atoms with Gasteiger partial charge in [0.25, 0.3) is 10.0 Å². The summed E-state index contributed by atoms with van der Waals surface area (Å²) in [6, 6.07) is 5.78. The van der Waals surface area contributed by atoms with Crippen molar-refractivity contribution in [1.29, 1.82) is 0 Å². The van der Waals surface area contributed by atoms with Gasteiger partial charge in [0.2, 0.25) is 0 Å². The molecule has 0 aliphatic carbocycles. The van der Waals surface area contributed by atoms with Crippen LogP contribution in [0.2, 0.25) is 0 Å². The summed E-state index contributed by atoms with van der Waals surface area (Å²) in [6.45, 7) is 2.75. The summed E-state index contributed by atoms with van der Waals surface area (Å²) in [6.07, 6.45) is -4.49. The Morgan fingerprint density at radius 2 is 1.81 bits per heavy atom. The van der Waals surface area contributed by atoms with Crippen LogP contribution >= 0.6 is 0 Å². The third-order valence-electron chi connectivity index (χ3n) is 5.21. The highest BCUT2D eigenvalue weighted by molar-refractivity contribution is 7.92. The van der Waals surface area contributed by atoms with E-state index in [4.69, 9.17) is 14.2 Å². The number of nitrogens with zero attached hydrogens (tertiary/aromatic N) is 1. The molecule has 1 aliphatic heterocycles.